The highest BCUT2D eigenvalue weighted by molar-refractivity contribution is 9.10. The highest BCUT2D eigenvalue weighted by atomic mass is 79.9. The molecule has 8 heteroatoms. The molecule has 0 heterocycles. The first-order valence-corrected chi connectivity index (χ1v) is 9.90. The van der Waals surface area contributed by atoms with E-state index in [2.05, 4.69) is 33.5 Å². The Balaban J connectivity index is 2.06. The van der Waals surface area contributed by atoms with E-state index in [1.807, 2.05) is 6.07 Å². The van der Waals surface area contributed by atoms with E-state index in [1.54, 1.807) is 30.3 Å². The van der Waals surface area contributed by atoms with Gasteiger partial charge >= 0.3 is 0 Å². The van der Waals surface area contributed by atoms with E-state index in [1.165, 1.54) is 7.11 Å². The molecule has 0 unspecified atom stereocenters. The maximum Gasteiger partial charge on any atom is 0.261 e. The molecule has 0 spiro atoms. The smallest absolute Gasteiger partial charge is 0.261 e. The van der Waals surface area contributed by atoms with Gasteiger partial charge in [-0.3, -0.25) is 10.1 Å². The van der Waals surface area contributed by atoms with Gasteiger partial charge in [0.05, 0.1) is 24.3 Å². The van der Waals surface area contributed by atoms with Crippen molar-refractivity contribution >= 4 is 56.5 Å². The Kier molecular flexibility index (Phi) is 8.34. The number of carbonyl (C=O) groups is 1. The molecule has 144 valence electrons. The van der Waals surface area contributed by atoms with Crippen molar-refractivity contribution < 1.29 is 14.3 Å². The van der Waals surface area contributed by atoms with Gasteiger partial charge in [-0.1, -0.05) is 40.9 Å². The van der Waals surface area contributed by atoms with Crippen LogP contribution >= 0.6 is 39.7 Å². The molecule has 2 N–H and O–H groups in total. The van der Waals surface area contributed by atoms with Gasteiger partial charge in [-0.2, -0.15) is 0 Å². The predicted octanol–water partition coefficient (Wildman–Crippen LogP) is 5.42. The van der Waals surface area contributed by atoms with Crippen molar-refractivity contribution in [1.82, 2.24) is 5.32 Å². The zero-order valence-electron chi connectivity index (χ0n) is 15.0. The second kappa shape index (κ2) is 10.5. The van der Waals surface area contributed by atoms with Crippen molar-refractivity contribution in [2.45, 2.75) is 19.8 Å². The molecular formula is C19H20BrClN2O3S. The second-order valence-electron chi connectivity index (χ2n) is 5.60. The first kappa shape index (κ1) is 21.5. The molecule has 2 rings (SSSR count). The van der Waals surface area contributed by atoms with Crippen LogP contribution in [0.1, 0.15) is 30.1 Å². The molecule has 5 nitrogen and oxygen atoms in total. The van der Waals surface area contributed by atoms with Crippen molar-refractivity contribution in [2.24, 2.45) is 0 Å². The van der Waals surface area contributed by atoms with Gasteiger partial charge in [0.15, 0.2) is 5.11 Å². The largest absolute Gasteiger partial charge is 0.495 e. The van der Waals surface area contributed by atoms with Crippen LogP contribution < -0.4 is 20.1 Å². The lowest BCUT2D eigenvalue weighted by molar-refractivity contribution is 0.0973. The number of benzene rings is 2. The summed E-state index contributed by atoms with van der Waals surface area (Å²) in [6, 6.07) is 10.4. The molecule has 0 saturated heterocycles. The summed E-state index contributed by atoms with van der Waals surface area (Å²) in [5, 5.41) is 6.18. The Bertz CT molecular complexity index is 833. The molecule has 0 fully saturated rings. The number of hydrogen-bond donors (Lipinski definition) is 2. The molecule has 0 aliphatic carbocycles. The quantitative estimate of drug-likeness (QED) is 0.417. The fraction of sp³-hybridized carbons (Fsp3) is 0.263. The number of thiocarbonyl (C=S) groups is 1. The molecule has 0 aliphatic heterocycles. The number of nitrogens with one attached hydrogen (secondary N) is 2. The molecule has 2 aromatic carbocycles. The maximum atomic E-state index is 12.6. The summed E-state index contributed by atoms with van der Waals surface area (Å²) < 4.78 is 11.6. The van der Waals surface area contributed by atoms with Gasteiger partial charge < -0.3 is 14.8 Å². The average molecular weight is 472 g/mol. The minimum atomic E-state index is -0.361. The van der Waals surface area contributed by atoms with E-state index in [0.29, 0.717) is 34.4 Å². The summed E-state index contributed by atoms with van der Waals surface area (Å²) in [6.45, 7) is 2.62. The van der Waals surface area contributed by atoms with Crippen LogP contribution in [-0.4, -0.2) is 24.7 Å². The van der Waals surface area contributed by atoms with E-state index >= 15 is 0 Å². The fourth-order valence-electron chi connectivity index (χ4n) is 2.21. The van der Waals surface area contributed by atoms with Crippen molar-refractivity contribution in [3.05, 3.63) is 51.5 Å². The lowest BCUT2D eigenvalue weighted by atomic mass is 10.2. The minimum absolute atomic E-state index is 0.153. The Labute approximate surface area is 177 Å². The zero-order valence-corrected chi connectivity index (χ0v) is 18.1. The molecule has 0 aliphatic rings. The number of amides is 1. The third-order valence-corrected chi connectivity index (χ3v) is 4.57. The van der Waals surface area contributed by atoms with Gasteiger partial charge in [-0.25, -0.2) is 0 Å². The second-order valence-corrected chi connectivity index (χ2v) is 7.33. The monoisotopic (exact) mass is 470 g/mol. The van der Waals surface area contributed by atoms with Crippen LogP contribution in [0.15, 0.2) is 40.9 Å². The number of hydrogen-bond acceptors (Lipinski definition) is 4. The number of ether oxygens (including phenoxy) is 2. The highest BCUT2D eigenvalue weighted by Crippen LogP contribution is 2.27. The van der Waals surface area contributed by atoms with Crippen molar-refractivity contribution in [3.63, 3.8) is 0 Å². The van der Waals surface area contributed by atoms with Gasteiger partial charge in [0.1, 0.15) is 11.5 Å². The van der Waals surface area contributed by atoms with Crippen LogP contribution in [0, 0.1) is 0 Å². The van der Waals surface area contributed by atoms with Gasteiger partial charge in [0.2, 0.25) is 0 Å². The summed E-state index contributed by atoms with van der Waals surface area (Å²) >= 11 is 14.7. The Hall–Kier alpha value is -1.83. The number of methoxy groups -OCH3 is 1. The maximum absolute atomic E-state index is 12.6. The fourth-order valence-corrected chi connectivity index (χ4v) is 3.04. The number of rotatable bonds is 7. The summed E-state index contributed by atoms with van der Waals surface area (Å²) in [5.41, 5.74) is 1.04. The summed E-state index contributed by atoms with van der Waals surface area (Å²) in [7, 11) is 1.54. The molecule has 0 bridgehead atoms. The van der Waals surface area contributed by atoms with E-state index in [0.717, 1.165) is 17.3 Å². The SMILES string of the molecule is CCCCOc1ccc(Br)cc1C(=O)NC(=S)Nc1ccc(OC)c(Cl)c1. The Morgan fingerprint density at radius 3 is 2.63 bits per heavy atom. The number of unbranched alkanes of at least 4 members (excludes halogenated alkanes) is 1. The van der Waals surface area contributed by atoms with E-state index < -0.39 is 0 Å². The average Bonchev–Trinajstić information content (AvgIpc) is 2.63. The van der Waals surface area contributed by atoms with Crippen LogP contribution in [-0.2, 0) is 0 Å². The van der Waals surface area contributed by atoms with Gasteiger partial charge in [0, 0.05) is 10.2 Å². The summed E-state index contributed by atoms with van der Waals surface area (Å²) in [5.74, 6) is 0.708. The van der Waals surface area contributed by atoms with Crippen LogP contribution in [0.25, 0.3) is 0 Å². The molecule has 27 heavy (non-hydrogen) atoms. The summed E-state index contributed by atoms with van der Waals surface area (Å²) in [6.07, 6.45) is 1.92. The zero-order chi connectivity index (χ0) is 19.8. The minimum Gasteiger partial charge on any atom is -0.495 e. The van der Waals surface area contributed by atoms with Crippen LogP contribution in [0.3, 0.4) is 0 Å². The standard InChI is InChI=1S/C19H20BrClN2O3S/c1-3-4-9-26-16-7-5-12(20)10-14(16)18(24)23-19(27)22-13-6-8-17(25-2)15(21)11-13/h5-8,10-11H,3-4,9H2,1-2H3,(H2,22,23,24,27). The predicted molar refractivity (Wildman–Crippen MR) is 116 cm³/mol. The number of carbonyl (C=O) groups excluding carboxylic acids is 1. The third-order valence-electron chi connectivity index (χ3n) is 3.58. The highest BCUT2D eigenvalue weighted by Gasteiger charge is 2.15. The van der Waals surface area contributed by atoms with E-state index in [9.17, 15) is 4.79 Å². The molecule has 0 aromatic heterocycles. The Morgan fingerprint density at radius 2 is 1.96 bits per heavy atom. The van der Waals surface area contributed by atoms with Crippen molar-refractivity contribution in [3.8, 4) is 11.5 Å². The number of anilines is 1. The Morgan fingerprint density at radius 1 is 1.22 bits per heavy atom. The van der Waals surface area contributed by atoms with Crippen molar-refractivity contribution in [1.29, 1.82) is 0 Å². The lowest BCUT2D eigenvalue weighted by Crippen LogP contribution is -2.34. The molecule has 0 radical (unpaired) electrons. The van der Waals surface area contributed by atoms with E-state index in [-0.39, 0.29) is 11.0 Å². The van der Waals surface area contributed by atoms with E-state index in [4.69, 9.17) is 33.3 Å². The number of halogens is 2. The molecule has 2 aromatic rings. The van der Waals surface area contributed by atoms with Crippen LogP contribution in [0.5, 0.6) is 11.5 Å². The van der Waals surface area contributed by atoms with Crippen LogP contribution in [0.4, 0.5) is 5.69 Å². The van der Waals surface area contributed by atoms with Crippen LogP contribution in [0.2, 0.25) is 5.02 Å². The topological polar surface area (TPSA) is 59.6 Å². The van der Waals surface area contributed by atoms with Gasteiger partial charge in [-0.15, -0.1) is 0 Å². The van der Waals surface area contributed by atoms with Gasteiger partial charge in [-0.05, 0) is 55.0 Å². The molecule has 0 atom stereocenters. The van der Waals surface area contributed by atoms with Crippen molar-refractivity contribution in [2.75, 3.05) is 19.0 Å². The molecular weight excluding hydrogens is 452 g/mol. The molecule has 1 amide bonds. The third kappa shape index (κ3) is 6.37. The van der Waals surface area contributed by atoms with Gasteiger partial charge in [0.25, 0.3) is 5.91 Å². The first-order chi connectivity index (χ1) is 12.9. The normalized spacial score (nSPS) is 10.2. The first-order valence-electron chi connectivity index (χ1n) is 8.32. The molecule has 0 saturated carbocycles. The lowest BCUT2D eigenvalue weighted by Gasteiger charge is -2.14. The summed E-state index contributed by atoms with van der Waals surface area (Å²) in [4.78, 5) is 12.6.